The highest BCUT2D eigenvalue weighted by Gasteiger charge is 2.64. The normalized spacial score (nSPS) is 17.4. The Hall–Kier alpha value is -14.6. The van der Waals surface area contributed by atoms with Gasteiger partial charge in [0.25, 0.3) is 0 Å². The van der Waals surface area contributed by atoms with Gasteiger partial charge in [0.15, 0.2) is 0 Å². The van der Waals surface area contributed by atoms with Gasteiger partial charge < -0.3 is 37.3 Å². The first-order valence-electron chi connectivity index (χ1n) is 41.9. The van der Waals surface area contributed by atoms with Crippen molar-refractivity contribution in [2.45, 2.75) is 0 Å². The molecular formula is C105H63B3N9O3P3. The van der Waals surface area contributed by atoms with Gasteiger partial charge in [-0.3, -0.25) is 14.5 Å². The van der Waals surface area contributed by atoms with Gasteiger partial charge in [0, 0.05) is 133 Å². The Labute approximate surface area is 707 Å². The number of pyridine rings is 3. The minimum atomic E-state index is -3.05. The van der Waals surface area contributed by atoms with Crippen LogP contribution in [0.1, 0.15) is 0 Å². The number of rotatable bonds is 3. The predicted octanol–water partition coefficient (Wildman–Crippen LogP) is 21.0. The molecule has 6 aromatic heterocycles. The zero-order valence-electron chi connectivity index (χ0n) is 65.7. The zero-order valence-corrected chi connectivity index (χ0v) is 68.4. The van der Waals surface area contributed by atoms with Crippen LogP contribution < -0.4 is 62.6 Å². The molecular weight excluding hydrogens is 1560 g/mol. The first-order valence-corrected chi connectivity index (χ1v) is 47.2. The van der Waals surface area contributed by atoms with Gasteiger partial charge in [-0.25, -0.2) is 4.98 Å². The third kappa shape index (κ3) is 8.61. The molecule has 0 radical (unpaired) electrons. The molecule has 3 unspecified atom stereocenters. The van der Waals surface area contributed by atoms with Crippen LogP contribution in [-0.2, 0) is 13.7 Å². The minimum absolute atomic E-state index is 0.304. The van der Waals surface area contributed by atoms with Crippen LogP contribution in [-0.4, -0.2) is 48.4 Å². The second-order valence-corrected chi connectivity index (χ2v) is 41.5. The first kappa shape index (κ1) is 68.2. The van der Waals surface area contributed by atoms with E-state index in [-0.39, 0.29) is 19.7 Å². The highest BCUT2D eigenvalue weighted by atomic mass is 31.2. The lowest BCUT2D eigenvalue weighted by Crippen LogP contribution is -2.48. The molecule has 18 heteroatoms. The van der Waals surface area contributed by atoms with Crippen LogP contribution in [0.4, 0.5) is 34.1 Å². The van der Waals surface area contributed by atoms with E-state index in [0.717, 1.165) is 178 Å². The summed E-state index contributed by atoms with van der Waals surface area (Å²) in [6.07, 6.45) is 3.73. The van der Waals surface area contributed by atoms with Crippen molar-refractivity contribution >= 4 is 189 Å². The number of hydrogen-bond acceptors (Lipinski definition) is 9. The molecule has 0 aliphatic carbocycles. The van der Waals surface area contributed by atoms with Crippen LogP contribution in [0.5, 0.6) is 0 Å². The van der Waals surface area contributed by atoms with Crippen molar-refractivity contribution < 1.29 is 13.7 Å². The molecule has 0 N–H and O–H groups in total. The quantitative estimate of drug-likeness (QED) is 0.126. The summed E-state index contributed by atoms with van der Waals surface area (Å²) < 4.78 is 53.8. The molecule has 15 heterocycles. The number of nitrogens with zero attached hydrogens (tertiary/aromatic N) is 9. The molecule has 15 aromatic carbocycles. The van der Waals surface area contributed by atoms with Crippen LogP contribution in [0.2, 0.25) is 0 Å². The van der Waals surface area contributed by atoms with E-state index in [9.17, 15) is 0 Å². The van der Waals surface area contributed by atoms with Gasteiger partial charge in [0.1, 0.15) is 26.9 Å². The average Bonchev–Trinajstić information content (AvgIpc) is 1.51. The molecule has 0 saturated heterocycles. The molecule has 30 rings (SSSR count). The lowest BCUT2D eigenvalue weighted by atomic mass is 9.69. The minimum Gasteiger partial charge on any atom is -0.373 e. The van der Waals surface area contributed by atoms with E-state index in [2.05, 4.69) is 356 Å². The van der Waals surface area contributed by atoms with Crippen molar-refractivity contribution in [1.82, 2.24) is 28.7 Å². The number of aromatic nitrogens is 6. The Morgan fingerprint density at radius 2 is 0.585 bits per heavy atom. The molecule has 0 amide bonds. The van der Waals surface area contributed by atoms with E-state index in [1.807, 2.05) is 54.9 Å². The number of para-hydroxylation sites is 8. The molecule has 123 heavy (non-hydrogen) atoms. The number of hydrogen-bond donors (Lipinski definition) is 0. The topological polar surface area (TPSA) is 114 Å². The van der Waals surface area contributed by atoms with Gasteiger partial charge in [-0.2, -0.15) is 0 Å². The maximum Gasteiger partial charge on any atom is 0.379 e. The standard InChI is InChI=1S/3C35H21BN3OP/c40-41-32-19-8-4-12-24(32)25-14-9-18-31(35(25)41)39-30-17-7-3-13-26(30)34-27(36(39)41)20-21-33(37-34)38-28-15-5-1-10-22(28)23-11-2-6-16-29(23)38;40-41-33-16-8-4-12-26(33)34-35(41)32(19-20-37-34)39-31-15-7-3-11-25(31)27-21-22(17-18-28(27)36(39)41)38-29-13-5-1-9-23(29)24-10-2-6-14-30(24)38;40-41-33-17-6-3-11-25(33)26-12-7-15-32(35(26)41)39-31-16-8-20-37-34(31)27-21-22(18-19-28(27)36(39)41)38-29-13-4-1-9-23(29)24-10-2-5-14-30(24)38/h3*1-21H. The van der Waals surface area contributed by atoms with E-state index in [4.69, 9.17) is 15.0 Å². The largest absolute Gasteiger partial charge is 0.379 e. The molecule has 9 aliphatic heterocycles. The molecule has 0 bridgehead atoms. The Morgan fingerprint density at radius 3 is 1.11 bits per heavy atom. The highest BCUT2D eigenvalue weighted by molar-refractivity contribution is 8.10. The molecule has 9 aliphatic rings. The maximum atomic E-state index is 15.6. The summed E-state index contributed by atoms with van der Waals surface area (Å²) in [5, 5.41) is 13.1. The number of benzene rings is 15. The van der Waals surface area contributed by atoms with Gasteiger partial charge in [-0.1, -0.05) is 261 Å². The van der Waals surface area contributed by atoms with Crippen LogP contribution >= 0.6 is 21.1 Å². The first-order chi connectivity index (χ1) is 60.7. The number of anilines is 6. The number of fused-ring (bicyclic) bond motifs is 42. The summed E-state index contributed by atoms with van der Waals surface area (Å²) in [7, 11) is -9.11. The lowest BCUT2D eigenvalue weighted by Gasteiger charge is -2.35. The second kappa shape index (κ2) is 24.6. The van der Waals surface area contributed by atoms with Gasteiger partial charge in [-0.05, 0) is 153 Å². The molecule has 21 aromatic rings. The third-order valence-corrected chi connectivity index (χ3v) is 37.9. The molecule has 12 nitrogen and oxygen atoms in total. The van der Waals surface area contributed by atoms with Crippen LogP contribution in [0, 0.1) is 0 Å². The Morgan fingerprint density at radius 1 is 0.228 bits per heavy atom. The smallest absolute Gasteiger partial charge is 0.373 e. The fourth-order valence-electron chi connectivity index (χ4n) is 22.9. The van der Waals surface area contributed by atoms with Crippen LogP contribution in [0.3, 0.4) is 0 Å². The van der Waals surface area contributed by atoms with Crippen molar-refractivity contribution in [3.63, 3.8) is 0 Å². The Kier molecular flexibility index (Phi) is 13.6. The molecule has 0 fully saturated rings. The van der Waals surface area contributed by atoms with Crippen molar-refractivity contribution in [2.24, 2.45) is 0 Å². The second-order valence-electron chi connectivity index (χ2n) is 33.3. The molecule has 0 spiro atoms. The van der Waals surface area contributed by atoms with E-state index in [1.165, 1.54) is 54.4 Å². The van der Waals surface area contributed by atoms with Crippen molar-refractivity contribution in [2.75, 3.05) is 14.4 Å². The zero-order chi connectivity index (χ0) is 80.6. The monoisotopic (exact) mass is 1620 g/mol. The molecule has 570 valence electrons. The van der Waals surface area contributed by atoms with E-state index in [0.29, 0.717) is 0 Å². The van der Waals surface area contributed by atoms with E-state index in [1.54, 1.807) is 0 Å². The average molecular weight is 1620 g/mol. The predicted molar refractivity (Wildman–Crippen MR) is 511 cm³/mol. The van der Waals surface area contributed by atoms with Crippen molar-refractivity contribution in [1.29, 1.82) is 0 Å². The summed E-state index contributed by atoms with van der Waals surface area (Å²) in [5.41, 5.74) is 31.2. The van der Waals surface area contributed by atoms with Crippen LogP contribution in [0.15, 0.2) is 382 Å². The van der Waals surface area contributed by atoms with E-state index < -0.39 is 21.1 Å². The highest BCUT2D eigenvalue weighted by Crippen LogP contribution is 2.69. The Balaban J connectivity index is 0.0000000946. The summed E-state index contributed by atoms with van der Waals surface area (Å²) >= 11 is 0. The summed E-state index contributed by atoms with van der Waals surface area (Å²) in [6, 6.07) is 130. The fraction of sp³-hybridized carbons (Fsp3) is 0. The summed E-state index contributed by atoms with van der Waals surface area (Å²) in [4.78, 5) is 22.1. The van der Waals surface area contributed by atoms with Crippen molar-refractivity contribution in [3.05, 3.63) is 382 Å². The van der Waals surface area contributed by atoms with E-state index >= 15 is 13.7 Å². The third-order valence-electron chi connectivity index (χ3n) is 27.6. The molecule has 0 saturated carbocycles. The van der Waals surface area contributed by atoms with Gasteiger partial charge in [0.2, 0.25) is 0 Å². The summed E-state index contributed by atoms with van der Waals surface area (Å²) in [5.74, 6) is 0.866. The van der Waals surface area contributed by atoms with Gasteiger partial charge in [-0.15, -0.1) is 0 Å². The Bertz CT molecular complexity index is 7650. The van der Waals surface area contributed by atoms with Gasteiger partial charge in [0.05, 0.1) is 61.2 Å². The molecule has 3 atom stereocenters. The van der Waals surface area contributed by atoms with Crippen molar-refractivity contribution in [3.8, 4) is 84.3 Å². The van der Waals surface area contributed by atoms with Gasteiger partial charge >= 0.3 is 19.7 Å². The fourth-order valence-corrected chi connectivity index (χ4v) is 34.5. The SMILES string of the molecule is O=P12B3c4ccc(-n5c6ccccc6c6ccccc65)cc4-c4ccccc4N3c3ccnc(c31)-c1ccccc12.O=P12B3c4ccc(-n5c6ccccc6c6ccccc65)cc4-c4ncccc4N3c3cccc(c31)-c1ccccc12.O=P12B3c4ccc(-n5c6ccccc6c6ccccc65)nc4-c4ccccc4N3c3cccc(c31)-c1ccccc12. The lowest BCUT2D eigenvalue weighted by molar-refractivity contribution is 0.594. The maximum absolute atomic E-state index is 15.6. The van der Waals surface area contributed by atoms with Crippen LogP contribution in [0.25, 0.3) is 150 Å². The summed E-state index contributed by atoms with van der Waals surface area (Å²) in [6.45, 7) is -0.936.